The molecule has 0 aromatic carbocycles. The van der Waals surface area contributed by atoms with Gasteiger partial charge in [-0.1, -0.05) is 110 Å². The fourth-order valence-electron chi connectivity index (χ4n) is 4.78. The summed E-state index contributed by atoms with van der Waals surface area (Å²) in [6, 6.07) is -0.865. The zero-order valence-corrected chi connectivity index (χ0v) is 25.9. The first kappa shape index (κ1) is 38.1. The number of carboxylic acids is 1. The lowest BCUT2D eigenvalue weighted by Crippen LogP contribution is -2.40. The van der Waals surface area contributed by atoms with Gasteiger partial charge in [0.05, 0.1) is 0 Å². The fraction of sp³-hybridized carbons (Fsp3) is 0.848. The van der Waals surface area contributed by atoms with Gasteiger partial charge < -0.3 is 20.9 Å². The Morgan fingerprint density at radius 2 is 1.27 bits per heavy atom. The van der Waals surface area contributed by atoms with Crippen LogP contribution >= 0.6 is 0 Å². The molecule has 40 heavy (non-hydrogen) atoms. The quantitative estimate of drug-likeness (QED) is 0.0479. The number of rotatable bonds is 29. The molecule has 0 aliphatic rings. The van der Waals surface area contributed by atoms with E-state index >= 15 is 0 Å². The molecule has 0 saturated carbocycles. The Morgan fingerprint density at radius 1 is 0.725 bits per heavy atom. The van der Waals surface area contributed by atoms with Crippen LogP contribution in [0.3, 0.4) is 0 Å². The third-order valence-corrected chi connectivity index (χ3v) is 7.30. The van der Waals surface area contributed by atoms with Crippen molar-refractivity contribution >= 4 is 17.8 Å². The van der Waals surface area contributed by atoms with Crippen molar-refractivity contribution in [1.82, 2.24) is 5.32 Å². The van der Waals surface area contributed by atoms with Crippen molar-refractivity contribution in [3.8, 4) is 0 Å². The predicted molar refractivity (Wildman–Crippen MR) is 165 cm³/mol. The largest absolute Gasteiger partial charge is 0.480 e. The second-order valence-corrected chi connectivity index (χ2v) is 11.2. The van der Waals surface area contributed by atoms with Gasteiger partial charge in [0.2, 0.25) is 5.91 Å². The first-order valence-electron chi connectivity index (χ1n) is 16.5. The van der Waals surface area contributed by atoms with Crippen molar-refractivity contribution in [2.24, 2.45) is 5.73 Å². The number of allylic oxidation sites excluding steroid dienone is 1. The number of aliphatic carboxylic acids is 1. The molecule has 0 spiro atoms. The number of unbranched alkanes of at least 4 members (excludes halogenated alkanes) is 15. The molecule has 0 fully saturated rings. The topological polar surface area (TPSA) is 119 Å². The molecule has 0 bridgehead atoms. The molecule has 2 unspecified atom stereocenters. The van der Waals surface area contributed by atoms with Crippen LogP contribution in [0, 0.1) is 0 Å². The Balaban J connectivity index is 4.04. The summed E-state index contributed by atoms with van der Waals surface area (Å²) in [4.78, 5) is 35.8. The highest BCUT2D eigenvalue weighted by molar-refractivity contribution is 5.83. The molecule has 2 atom stereocenters. The van der Waals surface area contributed by atoms with Crippen LogP contribution in [0.4, 0.5) is 0 Å². The van der Waals surface area contributed by atoms with Crippen LogP contribution < -0.4 is 11.1 Å². The third-order valence-electron chi connectivity index (χ3n) is 7.30. The van der Waals surface area contributed by atoms with Gasteiger partial charge in [-0.15, -0.1) is 0 Å². The lowest BCUT2D eigenvalue weighted by atomic mass is 10.0. The summed E-state index contributed by atoms with van der Waals surface area (Å²) >= 11 is 0. The van der Waals surface area contributed by atoms with Gasteiger partial charge in [0.25, 0.3) is 0 Å². The summed E-state index contributed by atoms with van der Waals surface area (Å²) in [5.74, 6) is -1.34. The van der Waals surface area contributed by atoms with Crippen molar-refractivity contribution in [3.05, 3.63) is 12.2 Å². The van der Waals surface area contributed by atoms with Gasteiger partial charge in [-0.25, -0.2) is 4.79 Å². The molecular formula is C33H62N2O5. The lowest BCUT2D eigenvalue weighted by Gasteiger charge is -2.15. The van der Waals surface area contributed by atoms with Gasteiger partial charge in [-0.05, 0) is 57.6 Å². The molecule has 0 aliphatic heterocycles. The molecule has 4 N–H and O–H groups in total. The molecule has 7 heteroatoms. The van der Waals surface area contributed by atoms with Gasteiger partial charge in [0, 0.05) is 12.8 Å². The molecule has 234 valence electrons. The number of carbonyl (C=O) groups excluding carboxylic acids is 2. The minimum atomic E-state index is -1.02. The number of nitrogens with one attached hydrogen (secondary N) is 1. The number of esters is 1. The summed E-state index contributed by atoms with van der Waals surface area (Å²) in [6.07, 6.45) is 27.3. The van der Waals surface area contributed by atoms with Crippen LogP contribution in [0.1, 0.15) is 162 Å². The average molecular weight is 567 g/mol. The number of carboxylic acid groups (broad SMARTS) is 1. The smallest absolute Gasteiger partial charge is 0.326 e. The summed E-state index contributed by atoms with van der Waals surface area (Å²) in [7, 11) is 0. The molecule has 0 rings (SSSR count). The Labute approximate surface area is 245 Å². The highest BCUT2D eigenvalue weighted by atomic mass is 16.5. The number of hydrogen-bond acceptors (Lipinski definition) is 5. The Kier molecular flexibility index (Phi) is 27.3. The monoisotopic (exact) mass is 566 g/mol. The summed E-state index contributed by atoms with van der Waals surface area (Å²) in [6.45, 7) is 4.79. The van der Waals surface area contributed by atoms with E-state index in [1.807, 2.05) is 6.08 Å². The summed E-state index contributed by atoms with van der Waals surface area (Å²) in [5, 5.41) is 11.8. The van der Waals surface area contributed by atoms with Crippen molar-refractivity contribution in [2.45, 2.75) is 174 Å². The normalized spacial score (nSPS) is 12.9. The van der Waals surface area contributed by atoms with Crippen LogP contribution in [-0.4, -0.2) is 41.6 Å². The van der Waals surface area contributed by atoms with Crippen LogP contribution in [0.15, 0.2) is 12.2 Å². The Hall–Kier alpha value is -1.89. The van der Waals surface area contributed by atoms with Crippen LogP contribution in [0.25, 0.3) is 0 Å². The van der Waals surface area contributed by atoms with Gasteiger partial charge in [-0.2, -0.15) is 0 Å². The van der Waals surface area contributed by atoms with E-state index in [1.54, 1.807) is 0 Å². The predicted octanol–water partition coefficient (Wildman–Crippen LogP) is 7.99. The maximum atomic E-state index is 12.4. The molecule has 0 radical (unpaired) electrons. The van der Waals surface area contributed by atoms with E-state index < -0.39 is 12.0 Å². The zero-order valence-electron chi connectivity index (χ0n) is 25.9. The van der Waals surface area contributed by atoms with Crippen LogP contribution in [0.5, 0.6) is 0 Å². The van der Waals surface area contributed by atoms with E-state index in [4.69, 9.17) is 10.5 Å². The van der Waals surface area contributed by atoms with Crippen molar-refractivity contribution in [2.75, 3.05) is 6.54 Å². The van der Waals surface area contributed by atoms with E-state index in [0.29, 0.717) is 38.6 Å². The molecule has 0 aromatic rings. The number of amides is 1. The minimum Gasteiger partial charge on any atom is -0.480 e. The number of nitrogens with two attached hydrogens (primary N) is 1. The molecule has 1 amide bonds. The maximum absolute atomic E-state index is 12.4. The van der Waals surface area contributed by atoms with E-state index in [2.05, 4.69) is 25.2 Å². The first-order chi connectivity index (χ1) is 19.4. The second kappa shape index (κ2) is 28.6. The highest BCUT2D eigenvalue weighted by Gasteiger charge is 2.18. The average Bonchev–Trinajstić information content (AvgIpc) is 2.93. The van der Waals surface area contributed by atoms with Crippen molar-refractivity contribution in [3.63, 3.8) is 0 Å². The van der Waals surface area contributed by atoms with E-state index in [0.717, 1.165) is 51.4 Å². The number of ether oxygens (including phenoxy) is 1. The lowest BCUT2D eigenvalue weighted by molar-refractivity contribution is -0.147. The Morgan fingerprint density at radius 3 is 1.82 bits per heavy atom. The number of hydrogen-bond donors (Lipinski definition) is 3. The molecular weight excluding hydrogens is 504 g/mol. The van der Waals surface area contributed by atoms with E-state index in [-0.39, 0.29) is 18.0 Å². The molecule has 7 nitrogen and oxygen atoms in total. The fourth-order valence-corrected chi connectivity index (χ4v) is 4.78. The third kappa shape index (κ3) is 25.1. The molecule has 0 aromatic heterocycles. The molecule has 0 saturated heterocycles. The van der Waals surface area contributed by atoms with E-state index in [9.17, 15) is 19.5 Å². The zero-order chi connectivity index (χ0) is 29.7. The van der Waals surface area contributed by atoms with Gasteiger partial charge in [0.1, 0.15) is 12.1 Å². The van der Waals surface area contributed by atoms with Crippen molar-refractivity contribution in [1.29, 1.82) is 0 Å². The van der Waals surface area contributed by atoms with Gasteiger partial charge >= 0.3 is 11.9 Å². The van der Waals surface area contributed by atoms with Crippen molar-refractivity contribution < 1.29 is 24.2 Å². The van der Waals surface area contributed by atoms with Crippen LogP contribution in [-0.2, 0) is 19.1 Å². The molecule has 0 aliphatic carbocycles. The SMILES string of the molecule is CCC/C=C\C(CCCCCCC(=O)NC(CCCN)C(=O)O)OC(=O)CCCCCCCCCCCCCC. The maximum Gasteiger partial charge on any atom is 0.326 e. The first-order valence-corrected chi connectivity index (χ1v) is 16.5. The van der Waals surface area contributed by atoms with E-state index in [1.165, 1.54) is 64.2 Å². The number of carbonyl (C=O) groups is 3. The second-order valence-electron chi connectivity index (χ2n) is 11.2. The minimum absolute atomic E-state index is 0.0995. The standard InChI is InChI=1S/C33H62N2O5/c1-3-5-7-8-9-10-11-12-13-14-15-21-27-32(37)40-29(23-18-6-4-2)24-19-16-17-20-26-31(36)35-30(33(38)39)25-22-28-34/h18,23,29-30H,3-17,19-22,24-28,34H2,1-2H3,(H,35,36)(H,38,39)/b23-18-. The van der Waals surface area contributed by atoms with Gasteiger partial charge in [-0.3, -0.25) is 9.59 Å². The van der Waals surface area contributed by atoms with Gasteiger partial charge in [0.15, 0.2) is 0 Å². The van der Waals surface area contributed by atoms with Crippen LogP contribution in [0.2, 0.25) is 0 Å². The summed E-state index contributed by atoms with van der Waals surface area (Å²) < 4.78 is 5.79. The highest BCUT2D eigenvalue weighted by Crippen LogP contribution is 2.15. The Bertz CT molecular complexity index is 653. The summed E-state index contributed by atoms with van der Waals surface area (Å²) in [5.41, 5.74) is 5.44. The molecule has 0 heterocycles.